The lowest BCUT2D eigenvalue weighted by atomic mass is 9.81. The van der Waals surface area contributed by atoms with Crippen LogP contribution in [0.25, 0.3) is 0 Å². The van der Waals surface area contributed by atoms with Crippen LogP contribution >= 0.6 is 0 Å². The van der Waals surface area contributed by atoms with Crippen LogP contribution in [-0.4, -0.2) is 77.6 Å². The fourth-order valence-electron chi connectivity index (χ4n) is 4.60. The summed E-state index contributed by atoms with van der Waals surface area (Å²) in [5, 5.41) is 3.33. The van der Waals surface area contributed by atoms with E-state index in [4.69, 9.17) is 9.47 Å². The van der Waals surface area contributed by atoms with Gasteiger partial charge in [0.25, 0.3) is 0 Å². The first-order valence-corrected chi connectivity index (χ1v) is 13.7. The second kappa shape index (κ2) is 13.3. The van der Waals surface area contributed by atoms with Crippen molar-refractivity contribution in [2.24, 2.45) is 11.8 Å². The Kier molecular flexibility index (Phi) is 11.0. The van der Waals surface area contributed by atoms with Crippen molar-refractivity contribution in [3.8, 4) is 5.75 Å². The summed E-state index contributed by atoms with van der Waals surface area (Å²) < 4.78 is 38.2. The predicted octanol–water partition coefficient (Wildman–Crippen LogP) is 3.34. The molecule has 0 spiro atoms. The van der Waals surface area contributed by atoms with Gasteiger partial charge < -0.3 is 19.7 Å². The predicted molar refractivity (Wildman–Crippen MR) is 139 cm³/mol. The number of carbonyl (C=O) groups is 1. The highest BCUT2D eigenvalue weighted by atomic mass is 32.2. The van der Waals surface area contributed by atoms with Gasteiger partial charge in [-0.05, 0) is 81.5 Å². The van der Waals surface area contributed by atoms with Crippen molar-refractivity contribution in [2.75, 3.05) is 54.1 Å². The molecular formula is C26H43N3O5S. The van der Waals surface area contributed by atoms with Crippen LogP contribution in [0, 0.1) is 25.7 Å². The Hall–Kier alpha value is -2.10. The lowest BCUT2D eigenvalue weighted by Crippen LogP contribution is -2.37. The van der Waals surface area contributed by atoms with Crippen molar-refractivity contribution in [1.82, 2.24) is 14.5 Å². The topological polar surface area (TPSA) is 88.2 Å². The van der Waals surface area contributed by atoms with Crippen LogP contribution in [-0.2, 0) is 19.6 Å². The number of hydrogen-bond acceptors (Lipinski definition) is 6. The molecule has 2 rings (SSSR count). The van der Waals surface area contributed by atoms with Gasteiger partial charge in [0.05, 0.1) is 18.6 Å². The number of sulfonamides is 1. The summed E-state index contributed by atoms with van der Waals surface area (Å²) in [6.07, 6.45) is 4.57. The van der Waals surface area contributed by atoms with Crippen LogP contribution in [0.4, 0.5) is 0 Å². The number of allylic oxidation sites excluding steroid dienone is 1. The molecule has 0 aromatic heterocycles. The lowest BCUT2D eigenvalue weighted by molar-refractivity contribution is -0.135. The number of benzene rings is 1. The molecule has 0 radical (unpaired) electrons. The Morgan fingerprint density at radius 3 is 2.23 bits per heavy atom. The Labute approximate surface area is 211 Å². The van der Waals surface area contributed by atoms with E-state index in [9.17, 15) is 13.2 Å². The van der Waals surface area contributed by atoms with Crippen LogP contribution in [0.15, 0.2) is 29.3 Å². The quantitative estimate of drug-likeness (QED) is 0.411. The number of aryl methyl sites for hydroxylation is 2. The molecule has 1 saturated carbocycles. The molecule has 8 nitrogen and oxygen atoms in total. The number of hydrogen-bond donors (Lipinski definition) is 1. The number of rotatable bonds is 13. The number of likely N-dealkylation sites (N-methyl/N-ethyl adjacent to an activating group) is 2. The Balaban J connectivity index is 1.75. The summed E-state index contributed by atoms with van der Waals surface area (Å²) in [6.45, 7) is 11.3. The molecule has 1 N–H and O–H groups in total. The second-order valence-electron chi connectivity index (χ2n) is 9.79. The van der Waals surface area contributed by atoms with Gasteiger partial charge in [-0.2, -0.15) is 4.31 Å². The maximum Gasteiger partial charge on any atom is 0.248 e. The minimum atomic E-state index is -3.68. The highest BCUT2D eigenvalue weighted by Crippen LogP contribution is 2.29. The van der Waals surface area contributed by atoms with Crippen LogP contribution in [0.1, 0.15) is 43.7 Å². The average Bonchev–Trinajstić information content (AvgIpc) is 2.80. The molecule has 198 valence electrons. The van der Waals surface area contributed by atoms with Gasteiger partial charge in [-0.15, -0.1) is 0 Å². The van der Waals surface area contributed by atoms with Crippen LogP contribution in [0.2, 0.25) is 0 Å². The smallest absolute Gasteiger partial charge is 0.248 e. The Morgan fingerprint density at radius 2 is 1.69 bits per heavy atom. The summed E-state index contributed by atoms with van der Waals surface area (Å²) in [4.78, 5) is 14.5. The van der Waals surface area contributed by atoms with Crippen molar-refractivity contribution in [3.63, 3.8) is 0 Å². The molecule has 0 heterocycles. The van der Waals surface area contributed by atoms with E-state index < -0.39 is 10.0 Å². The maximum absolute atomic E-state index is 13.1. The number of methoxy groups -OCH3 is 1. The standard InChI is InChI=1S/C26H43N3O5S/c1-19(2)27-16-22-8-10-23(11-9-22)17-28(5)25(30)18-34-13-12-29(6)35(31,32)26-20(3)14-24(33-7)15-21(26)4/h14-15,22-23,27H,1,8-13,16-18H2,2-7H3/t22-,23-. The third-order valence-corrected chi connectivity index (χ3v) is 8.89. The van der Waals surface area contributed by atoms with E-state index in [0.29, 0.717) is 28.7 Å². The number of amides is 1. The van der Waals surface area contributed by atoms with Crippen molar-refractivity contribution in [3.05, 3.63) is 35.5 Å². The van der Waals surface area contributed by atoms with Gasteiger partial charge in [-0.25, -0.2) is 8.42 Å². The van der Waals surface area contributed by atoms with E-state index in [-0.39, 0.29) is 30.6 Å². The van der Waals surface area contributed by atoms with E-state index in [1.165, 1.54) is 11.4 Å². The molecular weight excluding hydrogens is 466 g/mol. The van der Waals surface area contributed by atoms with Gasteiger partial charge in [-0.3, -0.25) is 4.79 Å². The lowest BCUT2D eigenvalue weighted by Gasteiger charge is -2.31. The summed E-state index contributed by atoms with van der Waals surface area (Å²) in [5.41, 5.74) is 2.27. The average molecular weight is 510 g/mol. The van der Waals surface area contributed by atoms with Gasteiger partial charge in [0.15, 0.2) is 0 Å². The fraction of sp³-hybridized carbons (Fsp3) is 0.654. The molecule has 0 atom stereocenters. The first-order valence-electron chi connectivity index (χ1n) is 12.3. The van der Waals surface area contributed by atoms with E-state index in [1.54, 1.807) is 38.0 Å². The van der Waals surface area contributed by atoms with E-state index in [1.807, 2.05) is 14.0 Å². The zero-order chi connectivity index (χ0) is 26.2. The minimum absolute atomic E-state index is 0.0527. The first-order chi connectivity index (χ1) is 16.4. The van der Waals surface area contributed by atoms with Crippen LogP contribution in [0.5, 0.6) is 5.75 Å². The van der Waals surface area contributed by atoms with Crippen LogP contribution in [0.3, 0.4) is 0 Å². The molecule has 0 unspecified atom stereocenters. The molecule has 0 saturated heterocycles. The van der Waals surface area contributed by atoms with Gasteiger partial charge in [-0.1, -0.05) is 6.58 Å². The van der Waals surface area contributed by atoms with E-state index in [2.05, 4.69) is 11.9 Å². The van der Waals surface area contributed by atoms with Crippen LogP contribution < -0.4 is 10.1 Å². The number of nitrogens with one attached hydrogen (secondary N) is 1. The Morgan fingerprint density at radius 1 is 1.11 bits per heavy atom. The van der Waals surface area contributed by atoms with E-state index in [0.717, 1.165) is 44.5 Å². The summed E-state index contributed by atoms with van der Waals surface area (Å²) in [7, 11) is 1.21. The molecule has 1 aliphatic rings. The molecule has 35 heavy (non-hydrogen) atoms. The summed E-state index contributed by atoms with van der Waals surface area (Å²) in [6, 6.07) is 3.43. The fourth-order valence-corrected chi connectivity index (χ4v) is 6.16. The Bertz CT molecular complexity index is 948. The molecule has 0 bridgehead atoms. The van der Waals surface area contributed by atoms with Crippen molar-refractivity contribution < 1.29 is 22.7 Å². The summed E-state index contributed by atoms with van der Waals surface area (Å²) in [5.74, 6) is 1.73. The second-order valence-corrected chi connectivity index (χ2v) is 11.8. The van der Waals surface area contributed by atoms with Gasteiger partial charge in [0, 0.05) is 39.4 Å². The van der Waals surface area contributed by atoms with Crippen molar-refractivity contribution in [2.45, 2.75) is 51.3 Å². The largest absolute Gasteiger partial charge is 0.497 e. The normalized spacial score (nSPS) is 18.4. The summed E-state index contributed by atoms with van der Waals surface area (Å²) >= 11 is 0. The molecule has 1 amide bonds. The third kappa shape index (κ3) is 8.51. The molecule has 1 aromatic carbocycles. The van der Waals surface area contributed by atoms with E-state index >= 15 is 0 Å². The third-order valence-electron chi connectivity index (χ3n) is 6.73. The van der Waals surface area contributed by atoms with Crippen molar-refractivity contribution >= 4 is 15.9 Å². The number of nitrogens with zero attached hydrogens (tertiary/aromatic N) is 2. The molecule has 1 fully saturated rings. The SMILES string of the molecule is C=C(C)NC[C@H]1CC[C@H](CN(C)C(=O)COCCN(C)S(=O)(=O)c2c(C)cc(OC)cc2C)CC1. The monoisotopic (exact) mass is 509 g/mol. The zero-order valence-electron chi connectivity index (χ0n) is 22.2. The highest BCUT2D eigenvalue weighted by molar-refractivity contribution is 7.89. The van der Waals surface area contributed by atoms with Crippen molar-refractivity contribution in [1.29, 1.82) is 0 Å². The van der Waals surface area contributed by atoms with Gasteiger partial charge in [0.2, 0.25) is 15.9 Å². The van der Waals surface area contributed by atoms with Gasteiger partial charge in [0.1, 0.15) is 12.4 Å². The number of ether oxygens (including phenoxy) is 2. The highest BCUT2D eigenvalue weighted by Gasteiger charge is 2.26. The molecule has 9 heteroatoms. The molecule has 0 aliphatic heterocycles. The number of carbonyl (C=O) groups excluding carboxylic acids is 1. The molecule has 1 aromatic rings. The first kappa shape index (κ1) is 29.1. The zero-order valence-corrected chi connectivity index (χ0v) is 23.0. The maximum atomic E-state index is 13.1. The van der Waals surface area contributed by atoms with Gasteiger partial charge >= 0.3 is 0 Å². The minimum Gasteiger partial charge on any atom is -0.497 e. The molecule has 1 aliphatic carbocycles.